The first-order valence-corrected chi connectivity index (χ1v) is 7.23. The maximum atomic E-state index is 11.3. The van der Waals surface area contributed by atoms with Gasteiger partial charge >= 0.3 is 29.6 Å². The van der Waals surface area contributed by atoms with Crippen LogP contribution in [0.5, 0.6) is 0 Å². The molecule has 5 nitrogen and oxygen atoms in total. The van der Waals surface area contributed by atoms with Crippen LogP contribution in [0.15, 0.2) is 28.6 Å². The van der Waals surface area contributed by atoms with Gasteiger partial charge in [0.1, 0.15) is 0 Å². The molecular formula is C12H11N2NaO3S2. The summed E-state index contributed by atoms with van der Waals surface area (Å²) in [6.07, 6.45) is -0.126. The van der Waals surface area contributed by atoms with Gasteiger partial charge in [0.15, 0.2) is 4.34 Å². The number of nitrogens with one attached hydrogen (secondary N) is 1. The topological polar surface area (TPSA) is 82.1 Å². The van der Waals surface area contributed by atoms with Crippen LogP contribution < -0.4 is 40.0 Å². The molecular weight excluding hydrogens is 307 g/mol. The van der Waals surface area contributed by atoms with Crippen LogP contribution in [0.1, 0.15) is 6.42 Å². The summed E-state index contributed by atoms with van der Waals surface area (Å²) >= 11 is 2.46. The fourth-order valence-electron chi connectivity index (χ4n) is 1.47. The summed E-state index contributed by atoms with van der Waals surface area (Å²) in [5.41, 5.74) is 0.826. The average molecular weight is 318 g/mol. The number of carboxylic acids is 1. The van der Waals surface area contributed by atoms with Crippen LogP contribution in [0.25, 0.3) is 10.2 Å². The van der Waals surface area contributed by atoms with E-state index in [1.165, 1.54) is 18.4 Å². The Morgan fingerprint density at radius 3 is 2.75 bits per heavy atom. The number of para-hydroxylation sites is 1. The molecule has 0 saturated carbocycles. The zero-order chi connectivity index (χ0) is 13.8. The molecule has 0 fully saturated rings. The van der Waals surface area contributed by atoms with E-state index in [0.717, 1.165) is 22.0 Å². The molecule has 20 heavy (non-hydrogen) atoms. The van der Waals surface area contributed by atoms with E-state index >= 15 is 0 Å². The summed E-state index contributed by atoms with van der Waals surface area (Å²) in [6.45, 7) is 0. The average Bonchev–Trinajstić information content (AvgIpc) is 2.79. The molecule has 1 atom stereocenters. The minimum absolute atomic E-state index is 0. The van der Waals surface area contributed by atoms with Gasteiger partial charge in [-0.1, -0.05) is 23.9 Å². The summed E-state index contributed by atoms with van der Waals surface area (Å²) < 4.78 is 1.61. The molecule has 1 aromatic carbocycles. The predicted molar refractivity (Wildman–Crippen MR) is 73.0 cm³/mol. The number of thioether (sulfide) groups is 1. The van der Waals surface area contributed by atoms with E-state index in [1.54, 1.807) is 0 Å². The minimum Gasteiger partial charge on any atom is -0.549 e. The molecule has 1 amide bonds. The molecule has 0 saturated heterocycles. The van der Waals surface area contributed by atoms with Crippen LogP contribution in [-0.2, 0) is 9.59 Å². The zero-order valence-electron chi connectivity index (χ0n) is 11.1. The standard InChI is InChI=1S/C12H12N2O3S2.Na/c1-13-10(15)6-9(11(16)17)19-12-14-7-4-2-3-5-8(7)18-12;/h2-5,9H,6H2,1H3,(H,13,15)(H,16,17);/q;+1/p-1. The second kappa shape index (κ2) is 7.99. The van der Waals surface area contributed by atoms with Crippen molar-refractivity contribution in [1.82, 2.24) is 10.3 Å². The van der Waals surface area contributed by atoms with Gasteiger partial charge in [-0.05, 0) is 12.1 Å². The summed E-state index contributed by atoms with van der Waals surface area (Å²) in [7, 11) is 1.47. The van der Waals surface area contributed by atoms with Crippen molar-refractivity contribution in [3.63, 3.8) is 0 Å². The maximum Gasteiger partial charge on any atom is 1.00 e. The smallest absolute Gasteiger partial charge is 0.549 e. The van der Waals surface area contributed by atoms with E-state index < -0.39 is 11.2 Å². The van der Waals surface area contributed by atoms with Crippen LogP contribution in [0.4, 0.5) is 0 Å². The molecule has 1 heterocycles. The fraction of sp³-hybridized carbons (Fsp3) is 0.250. The van der Waals surface area contributed by atoms with Crippen molar-refractivity contribution >= 4 is 45.2 Å². The predicted octanol–water partition coefficient (Wildman–Crippen LogP) is -2.35. The van der Waals surface area contributed by atoms with Crippen LogP contribution in [0.3, 0.4) is 0 Å². The van der Waals surface area contributed by atoms with Crippen LogP contribution in [0.2, 0.25) is 0 Å². The van der Waals surface area contributed by atoms with Gasteiger partial charge in [-0.3, -0.25) is 4.79 Å². The van der Waals surface area contributed by atoms with Gasteiger partial charge in [0.05, 0.1) is 21.4 Å². The second-order valence-electron chi connectivity index (χ2n) is 3.75. The Hall–Kier alpha value is -0.600. The van der Waals surface area contributed by atoms with E-state index in [1.807, 2.05) is 24.3 Å². The van der Waals surface area contributed by atoms with Crippen molar-refractivity contribution in [3.05, 3.63) is 24.3 Å². The number of fused-ring (bicyclic) bond motifs is 1. The molecule has 1 aromatic heterocycles. The van der Waals surface area contributed by atoms with E-state index in [4.69, 9.17) is 0 Å². The summed E-state index contributed by atoms with van der Waals surface area (Å²) in [6, 6.07) is 7.56. The largest absolute Gasteiger partial charge is 1.00 e. The molecule has 0 spiro atoms. The third-order valence-corrected chi connectivity index (χ3v) is 4.74. The SMILES string of the molecule is CNC(=O)CC(Sc1nc2ccccc2s1)C(=O)[O-].[Na+]. The minimum atomic E-state index is -1.26. The maximum absolute atomic E-state index is 11.3. The van der Waals surface area contributed by atoms with Gasteiger partial charge in [-0.15, -0.1) is 11.3 Å². The van der Waals surface area contributed by atoms with E-state index in [2.05, 4.69) is 10.3 Å². The Balaban J connectivity index is 0.00000200. The number of carbonyl (C=O) groups excluding carboxylic acids is 2. The van der Waals surface area contributed by atoms with Crippen molar-refractivity contribution in [3.8, 4) is 0 Å². The zero-order valence-corrected chi connectivity index (χ0v) is 14.7. The Kier molecular flexibility index (Phi) is 6.97. The van der Waals surface area contributed by atoms with E-state index in [0.29, 0.717) is 4.34 Å². The Morgan fingerprint density at radius 1 is 1.45 bits per heavy atom. The number of amides is 1. The molecule has 2 rings (SSSR count). The van der Waals surface area contributed by atoms with Crippen LogP contribution in [0, 0.1) is 0 Å². The Labute approximate surface area is 146 Å². The van der Waals surface area contributed by atoms with Crippen molar-refractivity contribution < 1.29 is 44.3 Å². The van der Waals surface area contributed by atoms with Gasteiger partial charge in [0, 0.05) is 13.5 Å². The number of carboxylic acid groups (broad SMARTS) is 1. The number of aromatic nitrogens is 1. The molecule has 1 unspecified atom stereocenters. The molecule has 1 N–H and O–H groups in total. The number of hydrogen-bond donors (Lipinski definition) is 1. The van der Waals surface area contributed by atoms with E-state index in [-0.39, 0.29) is 41.9 Å². The first-order valence-electron chi connectivity index (χ1n) is 5.54. The number of hydrogen-bond acceptors (Lipinski definition) is 6. The van der Waals surface area contributed by atoms with Gasteiger partial charge in [0.2, 0.25) is 5.91 Å². The van der Waals surface area contributed by atoms with Crippen molar-refractivity contribution in [2.24, 2.45) is 0 Å². The molecule has 0 aliphatic heterocycles. The van der Waals surface area contributed by atoms with Gasteiger partial charge < -0.3 is 15.2 Å². The number of carbonyl (C=O) groups is 2. The molecule has 2 aromatic rings. The third-order valence-electron chi connectivity index (χ3n) is 2.43. The normalized spacial score (nSPS) is 11.7. The first-order chi connectivity index (χ1) is 9.10. The molecule has 0 aliphatic rings. The number of rotatable bonds is 5. The first kappa shape index (κ1) is 17.5. The Bertz CT molecular complexity index is 585. The molecule has 100 valence electrons. The monoisotopic (exact) mass is 318 g/mol. The Morgan fingerprint density at radius 2 is 2.15 bits per heavy atom. The summed E-state index contributed by atoms with van der Waals surface area (Å²) in [4.78, 5) is 26.6. The van der Waals surface area contributed by atoms with Gasteiger partial charge in [-0.25, -0.2) is 4.98 Å². The van der Waals surface area contributed by atoms with Crippen molar-refractivity contribution in [1.29, 1.82) is 0 Å². The van der Waals surface area contributed by atoms with Crippen molar-refractivity contribution in [2.45, 2.75) is 16.0 Å². The summed E-state index contributed by atoms with van der Waals surface area (Å²) in [5, 5.41) is 12.5. The van der Waals surface area contributed by atoms with Gasteiger partial charge in [0.25, 0.3) is 0 Å². The van der Waals surface area contributed by atoms with Crippen LogP contribution in [-0.4, -0.2) is 29.2 Å². The number of aliphatic carboxylic acids is 1. The van der Waals surface area contributed by atoms with Crippen LogP contribution >= 0.6 is 23.1 Å². The van der Waals surface area contributed by atoms with Crippen molar-refractivity contribution in [2.75, 3.05) is 7.05 Å². The van der Waals surface area contributed by atoms with Gasteiger partial charge in [-0.2, -0.15) is 0 Å². The fourth-order valence-corrected chi connectivity index (χ4v) is 3.70. The summed E-state index contributed by atoms with van der Waals surface area (Å²) in [5.74, 6) is -1.59. The quantitative estimate of drug-likeness (QED) is 0.493. The molecule has 0 radical (unpaired) electrons. The molecule has 8 heteroatoms. The number of nitrogens with zero attached hydrogens (tertiary/aromatic N) is 1. The second-order valence-corrected chi connectivity index (χ2v) is 6.23. The van der Waals surface area contributed by atoms with E-state index in [9.17, 15) is 14.7 Å². The molecule has 0 bridgehead atoms. The number of benzene rings is 1. The number of thiazole rings is 1. The molecule has 0 aliphatic carbocycles. The third kappa shape index (κ3) is 4.46.